The molecule has 1 saturated heterocycles. The summed E-state index contributed by atoms with van der Waals surface area (Å²) in [5.41, 5.74) is 9.81. The van der Waals surface area contributed by atoms with E-state index in [9.17, 15) is 0 Å². The lowest BCUT2D eigenvalue weighted by atomic mass is 9.65. The first kappa shape index (κ1) is 18.4. The van der Waals surface area contributed by atoms with E-state index in [1.165, 1.54) is 19.3 Å². The van der Waals surface area contributed by atoms with Crippen LogP contribution in [0.3, 0.4) is 0 Å². The summed E-state index contributed by atoms with van der Waals surface area (Å²) in [6.07, 6.45) is 5.21. The Kier molecular flexibility index (Phi) is 4.26. The third-order valence-electron chi connectivity index (χ3n) is 6.00. The van der Waals surface area contributed by atoms with Crippen LogP contribution in [0.25, 0.3) is 0 Å². The lowest BCUT2D eigenvalue weighted by molar-refractivity contribution is 0.136. The van der Waals surface area contributed by atoms with Crippen molar-refractivity contribution < 1.29 is 0 Å². The monoisotopic (exact) mass is 385 g/mol. The van der Waals surface area contributed by atoms with E-state index in [2.05, 4.69) is 41.0 Å². The third kappa shape index (κ3) is 3.45. The number of nitrogen functional groups attached to an aromatic ring is 1. The van der Waals surface area contributed by atoms with Gasteiger partial charge in [-0.2, -0.15) is 0 Å². The lowest BCUT2D eigenvalue weighted by Crippen LogP contribution is -2.35. The van der Waals surface area contributed by atoms with E-state index >= 15 is 0 Å². The SMILES string of the molecule is Cc1ccc(Cl)cc1Nc1ncnc(N2CC3(C)CC2CC(C)(C)C3)c1N. The molecule has 0 radical (unpaired) electrons. The topological polar surface area (TPSA) is 67.1 Å². The van der Waals surface area contributed by atoms with Crippen LogP contribution in [0.4, 0.5) is 23.0 Å². The zero-order valence-electron chi connectivity index (χ0n) is 16.5. The summed E-state index contributed by atoms with van der Waals surface area (Å²) in [5.74, 6) is 1.48. The number of hydrogen-bond donors (Lipinski definition) is 2. The van der Waals surface area contributed by atoms with Gasteiger partial charge in [0, 0.05) is 23.3 Å². The Morgan fingerprint density at radius 2 is 2.00 bits per heavy atom. The average molecular weight is 386 g/mol. The molecular weight excluding hydrogens is 358 g/mol. The van der Waals surface area contributed by atoms with Gasteiger partial charge in [0.25, 0.3) is 0 Å². The van der Waals surface area contributed by atoms with Crippen molar-refractivity contribution in [3.05, 3.63) is 35.1 Å². The minimum Gasteiger partial charge on any atom is -0.393 e. The molecular formula is C21H28ClN5. The van der Waals surface area contributed by atoms with Crippen LogP contribution in [0.15, 0.2) is 24.5 Å². The minimum absolute atomic E-state index is 0.320. The number of benzene rings is 1. The zero-order chi connectivity index (χ0) is 19.4. The standard InChI is InChI=1S/C21H28ClN5/c1-13-5-6-14(22)7-16(13)26-18-17(23)19(25-12-24-18)27-11-21(4)9-15(27)8-20(2,3)10-21/h5-7,12,15H,8-11,23H2,1-4H3,(H,24,25,26). The maximum atomic E-state index is 6.53. The molecule has 2 atom stereocenters. The van der Waals surface area contributed by atoms with Crippen LogP contribution >= 0.6 is 11.6 Å². The fraction of sp³-hybridized carbons (Fsp3) is 0.524. The van der Waals surface area contributed by atoms with Crippen LogP contribution in [0.5, 0.6) is 0 Å². The number of rotatable bonds is 3. The highest BCUT2D eigenvalue weighted by atomic mass is 35.5. The summed E-state index contributed by atoms with van der Waals surface area (Å²) >= 11 is 6.15. The van der Waals surface area contributed by atoms with Crippen molar-refractivity contribution in [2.75, 3.05) is 22.5 Å². The number of anilines is 4. The van der Waals surface area contributed by atoms with Gasteiger partial charge in [0.15, 0.2) is 11.6 Å². The van der Waals surface area contributed by atoms with Crippen LogP contribution in [0.2, 0.25) is 5.02 Å². The van der Waals surface area contributed by atoms with Gasteiger partial charge in [0.2, 0.25) is 0 Å². The number of nitrogens with zero attached hydrogens (tertiary/aromatic N) is 3. The van der Waals surface area contributed by atoms with Gasteiger partial charge in [-0.1, -0.05) is 38.4 Å². The molecule has 1 saturated carbocycles. The molecule has 0 amide bonds. The molecule has 144 valence electrons. The van der Waals surface area contributed by atoms with Gasteiger partial charge < -0.3 is 16.0 Å². The van der Waals surface area contributed by atoms with Crippen molar-refractivity contribution >= 4 is 34.6 Å². The first-order valence-corrected chi connectivity index (χ1v) is 9.94. The summed E-state index contributed by atoms with van der Waals surface area (Å²) in [5, 5.41) is 4.02. The highest BCUT2D eigenvalue weighted by molar-refractivity contribution is 6.30. The number of nitrogens with two attached hydrogens (primary N) is 1. The van der Waals surface area contributed by atoms with Gasteiger partial charge >= 0.3 is 0 Å². The van der Waals surface area contributed by atoms with E-state index in [-0.39, 0.29) is 0 Å². The smallest absolute Gasteiger partial charge is 0.159 e. The predicted molar refractivity (Wildman–Crippen MR) is 113 cm³/mol. The van der Waals surface area contributed by atoms with Crippen molar-refractivity contribution in [2.24, 2.45) is 10.8 Å². The highest BCUT2D eigenvalue weighted by Gasteiger charge is 2.50. The number of fused-ring (bicyclic) bond motifs is 2. The van der Waals surface area contributed by atoms with Crippen molar-refractivity contribution in [3.63, 3.8) is 0 Å². The molecule has 6 heteroatoms. The molecule has 0 spiro atoms. The summed E-state index contributed by atoms with van der Waals surface area (Å²) in [6.45, 7) is 10.2. The molecule has 2 unspecified atom stereocenters. The fourth-order valence-corrected chi connectivity index (χ4v) is 5.45. The number of halogens is 1. The van der Waals surface area contributed by atoms with E-state index in [0.29, 0.717) is 33.4 Å². The molecule has 1 aromatic heterocycles. The zero-order valence-corrected chi connectivity index (χ0v) is 17.3. The summed E-state index contributed by atoms with van der Waals surface area (Å²) in [4.78, 5) is 11.4. The van der Waals surface area contributed by atoms with Crippen LogP contribution in [-0.4, -0.2) is 22.6 Å². The first-order chi connectivity index (χ1) is 12.7. The van der Waals surface area contributed by atoms with Crippen molar-refractivity contribution in [2.45, 2.75) is 53.0 Å². The second-order valence-electron chi connectivity index (χ2n) is 9.39. The summed E-state index contributed by atoms with van der Waals surface area (Å²) in [7, 11) is 0. The Balaban J connectivity index is 1.66. The predicted octanol–water partition coefficient (Wildman–Crippen LogP) is 5.17. The van der Waals surface area contributed by atoms with Crippen LogP contribution in [0, 0.1) is 17.8 Å². The third-order valence-corrected chi connectivity index (χ3v) is 6.24. The molecule has 4 rings (SSSR count). The summed E-state index contributed by atoms with van der Waals surface area (Å²) < 4.78 is 0. The summed E-state index contributed by atoms with van der Waals surface area (Å²) in [6, 6.07) is 6.24. The Labute approximate surface area is 166 Å². The lowest BCUT2D eigenvalue weighted by Gasteiger charge is -2.39. The molecule has 2 fully saturated rings. The largest absolute Gasteiger partial charge is 0.393 e. The van der Waals surface area contributed by atoms with E-state index in [1.54, 1.807) is 6.33 Å². The van der Waals surface area contributed by atoms with Crippen LogP contribution < -0.4 is 16.0 Å². The Hall–Kier alpha value is -2.01. The molecule has 2 aromatic rings. The molecule has 27 heavy (non-hydrogen) atoms. The molecule has 1 aliphatic carbocycles. The van der Waals surface area contributed by atoms with Crippen LogP contribution in [0.1, 0.15) is 45.6 Å². The molecule has 1 aromatic carbocycles. The number of aromatic nitrogens is 2. The number of aryl methyl sites for hydroxylation is 1. The molecule has 1 aliphatic heterocycles. The van der Waals surface area contributed by atoms with Crippen LogP contribution in [-0.2, 0) is 0 Å². The Morgan fingerprint density at radius 1 is 1.22 bits per heavy atom. The van der Waals surface area contributed by atoms with Crippen molar-refractivity contribution in [1.29, 1.82) is 0 Å². The Morgan fingerprint density at radius 3 is 2.78 bits per heavy atom. The first-order valence-electron chi connectivity index (χ1n) is 9.56. The number of nitrogens with one attached hydrogen (secondary N) is 1. The molecule has 2 bridgehead atoms. The molecule has 2 heterocycles. The van der Waals surface area contributed by atoms with E-state index in [1.807, 2.05) is 25.1 Å². The van der Waals surface area contributed by atoms with E-state index in [4.69, 9.17) is 17.3 Å². The van der Waals surface area contributed by atoms with Gasteiger partial charge in [-0.3, -0.25) is 0 Å². The van der Waals surface area contributed by atoms with E-state index < -0.39 is 0 Å². The second kappa shape index (κ2) is 6.26. The quantitative estimate of drug-likeness (QED) is 0.762. The van der Waals surface area contributed by atoms with Gasteiger partial charge in [-0.05, 0) is 54.7 Å². The van der Waals surface area contributed by atoms with Gasteiger partial charge in [0.1, 0.15) is 12.0 Å². The average Bonchev–Trinajstić information content (AvgIpc) is 2.81. The highest BCUT2D eigenvalue weighted by Crippen LogP contribution is 2.54. The molecule has 5 nitrogen and oxygen atoms in total. The van der Waals surface area contributed by atoms with Gasteiger partial charge in [0.05, 0.1) is 0 Å². The normalized spacial score (nSPS) is 26.3. The minimum atomic E-state index is 0.320. The molecule has 3 N–H and O–H groups in total. The van der Waals surface area contributed by atoms with Crippen molar-refractivity contribution in [3.8, 4) is 0 Å². The van der Waals surface area contributed by atoms with Gasteiger partial charge in [-0.15, -0.1) is 0 Å². The number of hydrogen-bond acceptors (Lipinski definition) is 5. The maximum absolute atomic E-state index is 6.53. The molecule has 2 aliphatic rings. The second-order valence-corrected chi connectivity index (χ2v) is 9.82. The Bertz CT molecular complexity index is 881. The van der Waals surface area contributed by atoms with Crippen molar-refractivity contribution in [1.82, 2.24) is 9.97 Å². The fourth-order valence-electron chi connectivity index (χ4n) is 5.28. The maximum Gasteiger partial charge on any atom is 0.159 e. The van der Waals surface area contributed by atoms with Gasteiger partial charge in [-0.25, -0.2) is 9.97 Å². The van der Waals surface area contributed by atoms with E-state index in [0.717, 1.165) is 23.6 Å².